The topological polar surface area (TPSA) is 57.6 Å². The Kier molecular flexibility index (Phi) is 3.80. The summed E-state index contributed by atoms with van der Waals surface area (Å²) in [7, 11) is 1.62. The minimum absolute atomic E-state index is 0.217. The van der Waals surface area contributed by atoms with E-state index in [1.807, 2.05) is 39.0 Å². The Morgan fingerprint density at radius 2 is 1.71 bits per heavy atom. The van der Waals surface area contributed by atoms with Crippen LogP contribution in [0, 0.1) is 20.8 Å². The molecule has 1 N–H and O–H groups in total. The first-order valence-corrected chi connectivity index (χ1v) is 7.97. The minimum atomic E-state index is -1.80. The van der Waals surface area contributed by atoms with Crippen molar-refractivity contribution in [3.05, 3.63) is 64.2 Å². The van der Waals surface area contributed by atoms with E-state index in [2.05, 4.69) is 0 Å². The molecule has 0 bridgehead atoms. The zero-order chi connectivity index (χ0) is 17.6. The molecular formula is C20H21NO3. The van der Waals surface area contributed by atoms with Crippen LogP contribution in [0.3, 0.4) is 0 Å². The summed E-state index contributed by atoms with van der Waals surface area (Å²) in [6.07, 6.45) is -0.252. The number of nitrogens with zero attached hydrogens (tertiary/aromatic N) is 1. The summed E-state index contributed by atoms with van der Waals surface area (Å²) in [6.45, 7) is 5.75. The van der Waals surface area contributed by atoms with E-state index in [0.717, 1.165) is 16.7 Å². The number of para-hydroxylation sites is 1. The lowest BCUT2D eigenvalue weighted by atomic mass is 9.85. The van der Waals surface area contributed by atoms with Gasteiger partial charge in [0, 0.05) is 18.2 Å². The molecule has 0 aromatic heterocycles. The molecule has 2 aromatic rings. The highest BCUT2D eigenvalue weighted by Crippen LogP contribution is 2.42. The van der Waals surface area contributed by atoms with E-state index >= 15 is 0 Å². The number of carbonyl (C=O) groups is 2. The molecular weight excluding hydrogens is 302 g/mol. The fourth-order valence-corrected chi connectivity index (χ4v) is 3.73. The van der Waals surface area contributed by atoms with Crippen LogP contribution in [0.2, 0.25) is 0 Å². The van der Waals surface area contributed by atoms with Gasteiger partial charge in [0.25, 0.3) is 5.91 Å². The molecule has 4 nitrogen and oxygen atoms in total. The molecule has 1 amide bonds. The minimum Gasteiger partial charge on any atom is -0.375 e. The van der Waals surface area contributed by atoms with Gasteiger partial charge in [0.05, 0.1) is 12.1 Å². The molecule has 3 rings (SSSR count). The van der Waals surface area contributed by atoms with Gasteiger partial charge in [-0.2, -0.15) is 0 Å². The number of amides is 1. The average molecular weight is 323 g/mol. The largest absolute Gasteiger partial charge is 0.375 e. The van der Waals surface area contributed by atoms with Crippen molar-refractivity contribution in [2.24, 2.45) is 0 Å². The van der Waals surface area contributed by atoms with Gasteiger partial charge < -0.3 is 10.0 Å². The van der Waals surface area contributed by atoms with Crippen LogP contribution in [0.15, 0.2) is 36.4 Å². The van der Waals surface area contributed by atoms with Gasteiger partial charge in [-0.15, -0.1) is 0 Å². The summed E-state index contributed by atoms with van der Waals surface area (Å²) in [5.74, 6) is -0.676. The highest BCUT2D eigenvalue weighted by atomic mass is 16.3. The van der Waals surface area contributed by atoms with E-state index in [-0.39, 0.29) is 12.2 Å². The molecule has 0 saturated carbocycles. The van der Waals surface area contributed by atoms with Crippen LogP contribution < -0.4 is 4.90 Å². The maximum atomic E-state index is 12.9. The van der Waals surface area contributed by atoms with Gasteiger partial charge in [-0.1, -0.05) is 35.9 Å². The molecule has 0 spiro atoms. The van der Waals surface area contributed by atoms with Crippen LogP contribution in [-0.2, 0) is 10.4 Å². The number of fused-ring (bicyclic) bond motifs is 1. The van der Waals surface area contributed by atoms with Gasteiger partial charge in [0.2, 0.25) is 0 Å². The second-order valence-electron chi connectivity index (χ2n) is 6.62. The molecule has 1 atom stereocenters. The number of aryl methyl sites for hydroxylation is 3. The Hall–Kier alpha value is -2.46. The van der Waals surface area contributed by atoms with Crippen molar-refractivity contribution in [1.82, 2.24) is 0 Å². The van der Waals surface area contributed by atoms with Crippen molar-refractivity contribution in [2.75, 3.05) is 11.9 Å². The monoisotopic (exact) mass is 323 g/mol. The van der Waals surface area contributed by atoms with E-state index in [9.17, 15) is 14.7 Å². The smallest absolute Gasteiger partial charge is 0.263 e. The zero-order valence-electron chi connectivity index (χ0n) is 14.4. The quantitative estimate of drug-likeness (QED) is 0.883. The summed E-state index contributed by atoms with van der Waals surface area (Å²) in [5, 5.41) is 11.0. The Labute approximate surface area is 141 Å². The van der Waals surface area contributed by atoms with E-state index < -0.39 is 11.5 Å². The molecule has 2 aromatic carbocycles. The number of hydrogen-bond donors (Lipinski definition) is 1. The van der Waals surface area contributed by atoms with Crippen molar-refractivity contribution in [3.63, 3.8) is 0 Å². The first-order valence-electron chi connectivity index (χ1n) is 7.97. The van der Waals surface area contributed by atoms with Gasteiger partial charge >= 0.3 is 0 Å². The second kappa shape index (κ2) is 5.56. The third kappa shape index (κ3) is 2.34. The summed E-state index contributed by atoms with van der Waals surface area (Å²) in [4.78, 5) is 26.9. The maximum absolute atomic E-state index is 12.9. The SMILES string of the molecule is Cc1cc(C)c(C(=O)C[C@]2(O)C(=O)N(C)c3ccccc32)c(C)c1. The lowest BCUT2D eigenvalue weighted by molar-refractivity contribution is -0.135. The van der Waals surface area contributed by atoms with Gasteiger partial charge in [0.15, 0.2) is 11.4 Å². The van der Waals surface area contributed by atoms with Crippen molar-refractivity contribution in [1.29, 1.82) is 0 Å². The van der Waals surface area contributed by atoms with Crippen LogP contribution in [0.4, 0.5) is 5.69 Å². The number of aliphatic hydroxyl groups is 1. The number of benzene rings is 2. The summed E-state index contributed by atoms with van der Waals surface area (Å²) >= 11 is 0. The van der Waals surface area contributed by atoms with Crippen LogP contribution in [0.5, 0.6) is 0 Å². The molecule has 1 aliphatic heterocycles. The maximum Gasteiger partial charge on any atom is 0.263 e. The van der Waals surface area contributed by atoms with Gasteiger partial charge in [-0.05, 0) is 38.0 Å². The first-order chi connectivity index (χ1) is 11.3. The van der Waals surface area contributed by atoms with Crippen LogP contribution in [0.1, 0.15) is 39.0 Å². The summed E-state index contributed by atoms with van der Waals surface area (Å²) in [6, 6.07) is 11.0. The molecule has 0 saturated heterocycles. The van der Waals surface area contributed by atoms with E-state index in [1.54, 1.807) is 25.2 Å². The highest BCUT2D eigenvalue weighted by Gasteiger charge is 2.49. The molecule has 0 radical (unpaired) electrons. The van der Waals surface area contributed by atoms with Crippen molar-refractivity contribution < 1.29 is 14.7 Å². The van der Waals surface area contributed by atoms with Crippen molar-refractivity contribution in [3.8, 4) is 0 Å². The first kappa shape index (κ1) is 16.4. The van der Waals surface area contributed by atoms with E-state index in [4.69, 9.17) is 0 Å². The molecule has 124 valence electrons. The molecule has 1 heterocycles. The van der Waals surface area contributed by atoms with Gasteiger partial charge in [-0.3, -0.25) is 9.59 Å². The number of hydrogen-bond acceptors (Lipinski definition) is 3. The lowest BCUT2D eigenvalue weighted by Gasteiger charge is -2.22. The number of anilines is 1. The zero-order valence-corrected chi connectivity index (χ0v) is 14.4. The van der Waals surface area contributed by atoms with Gasteiger partial charge in [0.1, 0.15) is 0 Å². The number of ketones is 1. The fraction of sp³-hybridized carbons (Fsp3) is 0.300. The van der Waals surface area contributed by atoms with Crippen LogP contribution >= 0.6 is 0 Å². The van der Waals surface area contributed by atoms with E-state index in [1.165, 1.54) is 4.90 Å². The molecule has 0 unspecified atom stereocenters. The Morgan fingerprint density at radius 3 is 2.33 bits per heavy atom. The second-order valence-corrected chi connectivity index (χ2v) is 6.62. The average Bonchev–Trinajstić information content (AvgIpc) is 2.69. The Bertz CT molecular complexity index is 833. The Morgan fingerprint density at radius 1 is 1.12 bits per heavy atom. The van der Waals surface area contributed by atoms with Crippen molar-refractivity contribution in [2.45, 2.75) is 32.8 Å². The number of Topliss-reactive ketones (excluding diaryl/α,β-unsaturated/α-hetero) is 1. The predicted octanol–water partition coefficient (Wildman–Crippen LogP) is 3.05. The van der Waals surface area contributed by atoms with Crippen LogP contribution in [0.25, 0.3) is 0 Å². The Balaban J connectivity index is 2.02. The number of likely N-dealkylation sites (N-methyl/N-ethyl adjacent to an activating group) is 1. The third-order valence-electron chi connectivity index (χ3n) is 4.74. The normalized spacial score (nSPS) is 19.5. The van der Waals surface area contributed by atoms with Gasteiger partial charge in [-0.25, -0.2) is 0 Å². The summed E-state index contributed by atoms with van der Waals surface area (Å²) in [5.41, 5.74) is 2.76. The number of carbonyl (C=O) groups excluding carboxylic acids is 2. The predicted molar refractivity (Wildman–Crippen MR) is 93.3 cm³/mol. The third-order valence-corrected chi connectivity index (χ3v) is 4.74. The summed E-state index contributed by atoms with van der Waals surface area (Å²) < 4.78 is 0. The fourth-order valence-electron chi connectivity index (χ4n) is 3.73. The number of rotatable bonds is 3. The molecule has 4 heteroatoms. The molecule has 0 aliphatic carbocycles. The van der Waals surface area contributed by atoms with Crippen molar-refractivity contribution >= 4 is 17.4 Å². The highest BCUT2D eigenvalue weighted by molar-refractivity contribution is 6.11. The van der Waals surface area contributed by atoms with Crippen LogP contribution in [-0.4, -0.2) is 23.8 Å². The molecule has 0 fully saturated rings. The molecule has 24 heavy (non-hydrogen) atoms. The molecule has 1 aliphatic rings. The lowest BCUT2D eigenvalue weighted by Crippen LogP contribution is -2.40. The standard InChI is InChI=1S/C20H21NO3/c1-12-9-13(2)18(14(3)10-12)17(22)11-20(24)15-7-5-6-8-16(15)21(4)19(20)23/h5-10,24H,11H2,1-4H3/t20-/m1/s1. The van der Waals surface area contributed by atoms with E-state index in [0.29, 0.717) is 16.8 Å².